The maximum absolute atomic E-state index is 11.6. The van der Waals surface area contributed by atoms with Gasteiger partial charge < -0.3 is 19.3 Å². The van der Waals surface area contributed by atoms with Crippen LogP contribution in [0.1, 0.15) is 11.1 Å². The molecule has 0 aliphatic carbocycles. The second kappa shape index (κ2) is 10.7. The maximum Gasteiger partial charge on any atom is 0.339 e. The summed E-state index contributed by atoms with van der Waals surface area (Å²) in [5.74, 6) is -0.319. The molecule has 0 amide bonds. The van der Waals surface area contributed by atoms with Crippen LogP contribution in [0, 0.1) is 10.1 Å². The van der Waals surface area contributed by atoms with Gasteiger partial charge in [-0.05, 0) is 23.3 Å². The number of benzene rings is 3. The fourth-order valence-corrected chi connectivity index (χ4v) is 3.43. The first-order chi connectivity index (χ1) is 15.8. The minimum Gasteiger partial charge on any atom is -0.503 e. The molecule has 0 bridgehead atoms. The van der Waals surface area contributed by atoms with Crippen molar-refractivity contribution in [2.75, 3.05) is 7.11 Å². The summed E-state index contributed by atoms with van der Waals surface area (Å²) in [6, 6.07) is 15.3. The van der Waals surface area contributed by atoms with Gasteiger partial charge in [0.25, 0.3) is 5.69 Å². The quantitative estimate of drug-likeness (QED) is 0.161. The van der Waals surface area contributed by atoms with E-state index < -0.39 is 10.9 Å². The van der Waals surface area contributed by atoms with Gasteiger partial charge >= 0.3 is 5.97 Å². The van der Waals surface area contributed by atoms with E-state index in [-0.39, 0.29) is 33.7 Å². The first-order valence-electron chi connectivity index (χ1n) is 9.39. The molecule has 3 aromatic rings. The molecule has 0 atom stereocenters. The lowest BCUT2D eigenvalue weighted by molar-refractivity contribution is -0.384. The highest BCUT2D eigenvalue weighted by molar-refractivity contribution is 6.37. The highest BCUT2D eigenvalue weighted by atomic mass is 35.5. The first kappa shape index (κ1) is 23.9. The SMILES string of the molecule is CO/C=C(/C(=O)O)c1ccccc1COc1cc(Cl)c(Oc2ccc([N+](=O)[O-])cc2)c(Cl)c1. The standard InChI is InChI=1S/C23H17Cl2NO7/c1-31-13-19(23(27)28)18-5-3-2-4-14(18)12-32-17-10-20(24)22(21(25)11-17)33-16-8-6-15(7-9-16)26(29)30/h2-11,13H,12H2,1H3,(H,27,28)/b19-13+. The van der Waals surface area contributed by atoms with Crippen molar-refractivity contribution in [2.24, 2.45) is 0 Å². The van der Waals surface area contributed by atoms with Crippen LogP contribution in [0.2, 0.25) is 10.0 Å². The number of non-ortho nitro benzene ring substituents is 1. The molecule has 3 aromatic carbocycles. The molecule has 0 radical (unpaired) electrons. The zero-order valence-electron chi connectivity index (χ0n) is 17.2. The third-order valence-electron chi connectivity index (χ3n) is 4.41. The van der Waals surface area contributed by atoms with Gasteiger partial charge in [-0.3, -0.25) is 10.1 Å². The molecular formula is C23H17Cl2NO7. The van der Waals surface area contributed by atoms with Crippen LogP contribution in [0.5, 0.6) is 17.2 Å². The molecule has 0 heterocycles. The number of nitro groups is 1. The number of methoxy groups -OCH3 is 1. The van der Waals surface area contributed by atoms with E-state index in [0.717, 1.165) is 6.26 Å². The van der Waals surface area contributed by atoms with Crippen LogP contribution in [-0.4, -0.2) is 23.1 Å². The van der Waals surface area contributed by atoms with Crippen LogP contribution >= 0.6 is 23.2 Å². The number of rotatable bonds is 9. The molecule has 0 unspecified atom stereocenters. The number of aliphatic carboxylic acids is 1. The summed E-state index contributed by atoms with van der Waals surface area (Å²) in [6.07, 6.45) is 1.15. The summed E-state index contributed by atoms with van der Waals surface area (Å²) in [7, 11) is 1.37. The van der Waals surface area contributed by atoms with Crippen LogP contribution < -0.4 is 9.47 Å². The average molecular weight is 490 g/mol. The van der Waals surface area contributed by atoms with Gasteiger partial charge in [-0.15, -0.1) is 0 Å². The van der Waals surface area contributed by atoms with Gasteiger partial charge in [-0.2, -0.15) is 0 Å². The van der Waals surface area contributed by atoms with Gasteiger partial charge in [0.15, 0.2) is 5.75 Å². The summed E-state index contributed by atoms with van der Waals surface area (Å²) < 4.78 is 16.3. The number of hydrogen-bond acceptors (Lipinski definition) is 6. The van der Waals surface area contributed by atoms with Gasteiger partial charge in [-0.25, -0.2) is 4.79 Å². The minimum absolute atomic E-state index is 0.0142. The zero-order valence-corrected chi connectivity index (χ0v) is 18.7. The lowest BCUT2D eigenvalue weighted by Gasteiger charge is -2.14. The van der Waals surface area contributed by atoms with E-state index in [9.17, 15) is 20.0 Å². The molecule has 8 nitrogen and oxygen atoms in total. The fourth-order valence-electron chi connectivity index (χ4n) is 2.89. The maximum atomic E-state index is 11.6. The van der Waals surface area contributed by atoms with Crippen molar-refractivity contribution in [1.29, 1.82) is 0 Å². The number of halogens is 2. The van der Waals surface area contributed by atoms with E-state index >= 15 is 0 Å². The third kappa shape index (κ3) is 5.94. The summed E-state index contributed by atoms with van der Waals surface area (Å²) >= 11 is 12.6. The van der Waals surface area contributed by atoms with E-state index in [1.807, 2.05) is 0 Å². The normalized spacial score (nSPS) is 11.1. The zero-order chi connectivity index (χ0) is 24.0. The Labute approximate surface area is 198 Å². The number of carboxylic acids is 1. The Morgan fingerprint density at radius 1 is 1.06 bits per heavy atom. The number of carboxylic acid groups (broad SMARTS) is 1. The molecular weight excluding hydrogens is 473 g/mol. The molecule has 0 aliphatic heterocycles. The smallest absolute Gasteiger partial charge is 0.339 e. The van der Waals surface area contributed by atoms with Crippen LogP contribution in [-0.2, 0) is 16.1 Å². The van der Waals surface area contributed by atoms with Crippen LogP contribution in [0.25, 0.3) is 5.57 Å². The van der Waals surface area contributed by atoms with Crippen molar-refractivity contribution in [3.63, 3.8) is 0 Å². The average Bonchev–Trinajstić information content (AvgIpc) is 2.79. The van der Waals surface area contributed by atoms with E-state index in [1.54, 1.807) is 24.3 Å². The molecule has 33 heavy (non-hydrogen) atoms. The Kier molecular flexibility index (Phi) is 7.76. The fraction of sp³-hybridized carbons (Fsp3) is 0.0870. The van der Waals surface area contributed by atoms with Crippen molar-refractivity contribution in [2.45, 2.75) is 6.61 Å². The lowest BCUT2D eigenvalue weighted by atomic mass is 10.0. The Hall–Kier alpha value is -3.75. The number of hydrogen-bond donors (Lipinski definition) is 1. The van der Waals surface area contributed by atoms with Crippen molar-refractivity contribution >= 4 is 40.4 Å². The molecule has 0 saturated carbocycles. The minimum atomic E-state index is -1.14. The summed E-state index contributed by atoms with van der Waals surface area (Å²) in [5, 5.41) is 20.6. The topological polar surface area (TPSA) is 108 Å². The van der Waals surface area contributed by atoms with Crippen LogP contribution in [0.15, 0.2) is 66.9 Å². The summed E-state index contributed by atoms with van der Waals surface area (Å²) in [6.45, 7) is 0.0414. The van der Waals surface area contributed by atoms with E-state index in [0.29, 0.717) is 22.6 Å². The van der Waals surface area contributed by atoms with E-state index in [1.165, 1.54) is 43.5 Å². The summed E-state index contributed by atoms with van der Waals surface area (Å²) in [5.41, 5.74) is 0.971. The van der Waals surface area contributed by atoms with Crippen molar-refractivity contribution in [3.8, 4) is 17.2 Å². The number of carbonyl (C=O) groups is 1. The predicted octanol–water partition coefficient (Wildman–Crippen LogP) is 6.34. The lowest BCUT2D eigenvalue weighted by Crippen LogP contribution is -2.06. The van der Waals surface area contributed by atoms with E-state index in [2.05, 4.69) is 0 Å². The van der Waals surface area contributed by atoms with Crippen molar-refractivity contribution in [3.05, 3.63) is 98.2 Å². The third-order valence-corrected chi connectivity index (χ3v) is 4.97. The summed E-state index contributed by atoms with van der Waals surface area (Å²) in [4.78, 5) is 21.8. The Morgan fingerprint density at radius 3 is 2.27 bits per heavy atom. The Bertz CT molecular complexity index is 1190. The number of nitrogens with zero attached hydrogens (tertiary/aromatic N) is 1. The molecule has 0 aromatic heterocycles. The van der Waals surface area contributed by atoms with Crippen LogP contribution in [0.4, 0.5) is 5.69 Å². The van der Waals surface area contributed by atoms with Gasteiger partial charge in [0.05, 0.1) is 28.3 Å². The molecule has 170 valence electrons. The Balaban J connectivity index is 1.78. The van der Waals surface area contributed by atoms with Gasteiger partial charge in [0, 0.05) is 24.3 Å². The van der Waals surface area contributed by atoms with Gasteiger partial charge in [0.2, 0.25) is 0 Å². The number of ether oxygens (including phenoxy) is 3. The Morgan fingerprint density at radius 2 is 1.70 bits per heavy atom. The van der Waals surface area contributed by atoms with Crippen molar-refractivity contribution in [1.82, 2.24) is 0 Å². The molecule has 3 rings (SSSR count). The first-order valence-corrected chi connectivity index (χ1v) is 10.1. The highest BCUT2D eigenvalue weighted by Gasteiger charge is 2.17. The largest absolute Gasteiger partial charge is 0.503 e. The van der Waals surface area contributed by atoms with Crippen molar-refractivity contribution < 1.29 is 29.0 Å². The molecule has 0 saturated heterocycles. The predicted molar refractivity (Wildman–Crippen MR) is 123 cm³/mol. The molecule has 0 spiro atoms. The molecule has 0 aliphatic rings. The monoisotopic (exact) mass is 489 g/mol. The number of nitro benzene ring substituents is 1. The van der Waals surface area contributed by atoms with Crippen LogP contribution in [0.3, 0.4) is 0 Å². The van der Waals surface area contributed by atoms with E-state index in [4.69, 9.17) is 37.4 Å². The molecule has 10 heteroatoms. The van der Waals surface area contributed by atoms with Gasteiger partial charge in [0.1, 0.15) is 23.7 Å². The van der Waals surface area contributed by atoms with Gasteiger partial charge in [-0.1, -0.05) is 47.5 Å². The molecule has 0 fully saturated rings. The second-order valence-corrected chi connectivity index (χ2v) is 7.40. The molecule has 1 N–H and O–H groups in total. The second-order valence-electron chi connectivity index (χ2n) is 6.59. The highest BCUT2D eigenvalue weighted by Crippen LogP contribution is 2.40.